The van der Waals surface area contributed by atoms with Gasteiger partial charge < -0.3 is 10.0 Å². The van der Waals surface area contributed by atoms with Crippen molar-refractivity contribution in [3.63, 3.8) is 0 Å². The number of phenols is 1. The molecule has 3 rings (SSSR count). The van der Waals surface area contributed by atoms with Crippen molar-refractivity contribution in [2.75, 3.05) is 13.1 Å². The Morgan fingerprint density at radius 2 is 2.09 bits per heavy atom. The zero-order valence-electron chi connectivity index (χ0n) is 12.5. The first-order chi connectivity index (χ1) is 11.0. The van der Waals surface area contributed by atoms with Gasteiger partial charge in [-0.25, -0.2) is 4.39 Å². The minimum Gasteiger partial charge on any atom is -0.505 e. The van der Waals surface area contributed by atoms with Gasteiger partial charge in [0.15, 0.2) is 11.6 Å². The third-order valence-corrected chi connectivity index (χ3v) is 3.81. The average Bonchev–Trinajstić information content (AvgIpc) is 2.99. The smallest absolute Gasteiger partial charge is 0.257 e. The van der Waals surface area contributed by atoms with E-state index in [1.807, 2.05) is 12.3 Å². The normalized spacial score (nSPS) is 14.7. The van der Waals surface area contributed by atoms with Crippen molar-refractivity contribution in [2.45, 2.75) is 6.42 Å². The molecule has 0 atom stereocenters. The van der Waals surface area contributed by atoms with Gasteiger partial charge in [-0.2, -0.15) is 9.49 Å². The van der Waals surface area contributed by atoms with E-state index in [0.717, 1.165) is 23.3 Å². The predicted octanol–water partition coefficient (Wildman–Crippen LogP) is 2.33. The lowest BCUT2D eigenvalue weighted by molar-refractivity contribution is 0.0769. The number of hydrogen-bond donors (Lipinski definition) is 1. The summed E-state index contributed by atoms with van der Waals surface area (Å²) in [5.74, 6) is -4.15. The van der Waals surface area contributed by atoms with Gasteiger partial charge in [0.1, 0.15) is 0 Å². The Hall–Kier alpha value is -2.70. The summed E-state index contributed by atoms with van der Waals surface area (Å²) < 4.78 is 29.0. The highest BCUT2D eigenvalue weighted by atomic mass is 19.2. The highest BCUT2D eigenvalue weighted by Gasteiger charge is 2.25. The summed E-state index contributed by atoms with van der Waals surface area (Å²) in [6.45, 7) is 0.719. The molecule has 120 valence electrons. The first kappa shape index (κ1) is 15.2. The van der Waals surface area contributed by atoms with Crippen LogP contribution in [0.25, 0.3) is 5.57 Å². The van der Waals surface area contributed by atoms with Gasteiger partial charge in [0.2, 0.25) is 5.82 Å². The van der Waals surface area contributed by atoms with E-state index in [2.05, 4.69) is 5.10 Å². The van der Waals surface area contributed by atoms with Crippen LogP contribution in [0.1, 0.15) is 22.3 Å². The molecular formula is C16H15F2N3O2. The Kier molecular flexibility index (Phi) is 3.85. The molecule has 0 saturated heterocycles. The fourth-order valence-electron chi connectivity index (χ4n) is 2.59. The summed E-state index contributed by atoms with van der Waals surface area (Å²) in [7, 11) is 1.80. The molecule has 1 aliphatic rings. The lowest BCUT2D eigenvalue weighted by Crippen LogP contribution is -2.36. The summed E-state index contributed by atoms with van der Waals surface area (Å²) in [4.78, 5) is 13.9. The van der Waals surface area contributed by atoms with Gasteiger partial charge in [0.25, 0.3) is 5.91 Å². The molecule has 7 heteroatoms. The van der Waals surface area contributed by atoms with Crippen molar-refractivity contribution in [1.82, 2.24) is 14.7 Å². The molecule has 0 unspecified atom stereocenters. The second kappa shape index (κ2) is 5.83. The van der Waals surface area contributed by atoms with Crippen LogP contribution < -0.4 is 0 Å². The number of nitrogens with zero attached hydrogens (tertiary/aromatic N) is 3. The quantitative estimate of drug-likeness (QED) is 0.924. The van der Waals surface area contributed by atoms with Gasteiger partial charge in [-0.15, -0.1) is 0 Å². The molecule has 2 aromatic rings. The molecule has 1 aromatic carbocycles. The number of phenolic OH excluding ortho intramolecular Hbond substituents is 1. The van der Waals surface area contributed by atoms with Crippen molar-refractivity contribution < 1.29 is 18.7 Å². The first-order valence-electron chi connectivity index (χ1n) is 7.11. The summed E-state index contributed by atoms with van der Waals surface area (Å²) in [5, 5.41) is 13.2. The number of benzene rings is 1. The van der Waals surface area contributed by atoms with Gasteiger partial charge in [-0.05, 0) is 24.1 Å². The van der Waals surface area contributed by atoms with Gasteiger partial charge in [-0.1, -0.05) is 6.08 Å². The second-order valence-corrected chi connectivity index (χ2v) is 5.41. The van der Waals surface area contributed by atoms with Crippen molar-refractivity contribution in [3.8, 4) is 5.75 Å². The molecule has 1 aromatic heterocycles. The molecule has 0 spiro atoms. The molecular weight excluding hydrogens is 304 g/mol. The highest BCUT2D eigenvalue weighted by molar-refractivity contribution is 5.95. The standard InChI is InChI=1S/C16H15F2N3O2/c1-20-8-11(7-19-20)10-3-2-6-21(9-10)16(23)12-4-5-13(22)15(18)14(12)17/h3-5,7-8,22H,2,6,9H2,1H3. The van der Waals surface area contributed by atoms with Gasteiger partial charge in [-0.3, -0.25) is 9.48 Å². The molecule has 1 aliphatic heterocycles. The van der Waals surface area contributed by atoms with Crippen LogP contribution >= 0.6 is 0 Å². The van der Waals surface area contributed by atoms with E-state index < -0.39 is 23.3 Å². The Morgan fingerprint density at radius 3 is 2.78 bits per heavy atom. The summed E-state index contributed by atoms with van der Waals surface area (Å²) >= 11 is 0. The molecule has 0 aliphatic carbocycles. The van der Waals surface area contributed by atoms with E-state index >= 15 is 0 Å². The summed E-state index contributed by atoms with van der Waals surface area (Å²) in [5.41, 5.74) is 1.42. The van der Waals surface area contributed by atoms with Crippen molar-refractivity contribution in [1.29, 1.82) is 0 Å². The van der Waals surface area contributed by atoms with Crippen molar-refractivity contribution >= 4 is 11.5 Å². The number of halogens is 2. The van der Waals surface area contributed by atoms with Crippen LogP contribution in [0.4, 0.5) is 8.78 Å². The van der Waals surface area contributed by atoms with E-state index in [0.29, 0.717) is 19.5 Å². The number of carbonyl (C=O) groups excluding carboxylic acids is 1. The topological polar surface area (TPSA) is 58.4 Å². The number of carbonyl (C=O) groups is 1. The molecule has 5 nitrogen and oxygen atoms in total. The Bertz CT molecular complexity index is 799. The van der Waals surface area contributed by atoms with Gasteiger partial charge >= 0.3 is 0 Å². The predicted molar refractivity (Wildman–Crippen MR) is 79.7 cm³/mol. The minimum absolute atomic E-state index is 0.298. The van der Waals surface area contributed by atoms with Gasteiger partial charge in [0.05, 0.1) is 11.8 Å². The molecule has 2 heterocycles. The minimum atomic E-state index is -1.41. The van der Waals surface area contributed by atoms with Crippen molar-refractivity contribution in [3.05, 3.63) is 53.4 Å². The number of rotatable bonds is 2. The van der Waals surface area contributed by atoms with Crippen LogP contribution in [0.2, 0.25) is 0 Å². The van der Waals surface area contributed by atoms with E-state index in [9.17, 15) is 13.6 Å². The fraction of sp³-hybridized carbons (Fsp3) is 0.250. The molecule has 1 N–H and O–H groups in total. The summed E-state index contributed by atoms with van der Waals surface area (Å²) in [6.07, 6.45) is 6.16. The molecule has 1 amide bonds. The van der Waals surface area contributed by atoms with E-state index in [4.69, 9.17) is 5.11 Å². The Morgan fingerprint density at radius 1 is 1.30 bits per heavy atom. The number of amides is 1. The first-order valence-corrected chi connectivity index (χ1v) is 7.11. The zero-order valence-corrected chi connectivity index (χ0v) is 12.5. The van der Waals surface area contributed by atoms with Crippen LogP contribution in [0.15, 0.2) is 30.6 Å². The molecule has 0 saturated carbocycles. The number of hydrogen-bond acceptors (Lipinski definition) is 3. The number of aromatic hydroxyl groups is 1. The van der Waals surface area contributed by atoms with Crippen LogP contribution in [-0.4, -0.2) is 38.8 Å². The third kappa shape index (κ3) is 2.81. The lowest BCUT2D eigenvalue weighted by atomic mass is 10.0. The van der Waals surface area contributed by atoms with E-state index in [1.165, 1.54) is 4.90 Å². The van der Waals surface area contributed by atoms with Crippen LogP contribution in [0.5, 0.6) is 5.75 Å². The SMILES string of the molecule is Cn1cc(C2=CCCN(C(=O)c3ccc(O)c(F)c3F)C2)cn1. The molecule has 23 heavy (non-hydrogen) atoms. The maximum atomic E-state index is 13.9. The molecule has 0 fully saturated rings. The average molecular weight is 319 g/mol. The molecule has 0 bridgehead atoms. The lowest BCUT2D eigenvalue weighted by Gasteiger charge is -2.27. The fourth-order valence-corrected chi connectivity index (χ4v) is 2.59. The van der Waals surface area contributed by atoms with Crippen LogP contribution in [0, 0.1) is 11.6 Å². The van der Waals surface area contributed by atoms with Crippen LogP contribution in [-0.2, 0) is 7.05 Å². The number of aromatic nitrogens is 2. The van der Waals surface area contributed by atoms with Gasteiger partial charge in [0, 0.05) is 31.9 Å². The van der Waals surface area contributed by atoms with E-state index in [1.54, 1.807) is 17.9 Å². The highest BCUT2D eigenvalue weighted by Crippen LogP contribution is 2.25. The monoisotopic (exact) mass is 319 g/mol. The Labute approximate surface area is 131 Å². The van der Waals surface area contributed by atoms with Crippen molar-refractivity contribution in [2.24, 2.45) is 7.05 Å². The molecule has 0 radical (unpaired) electrons. The number of aryl methyl sites for hydroxylation is 1. The largest absolute Gasteiger partial charge is 0.505 e. The maximum Gasteiger partial charge on any atom is 0.257 e. The van der Waals surface area contributed by atoms with Crippen LogP contribution in [0.3, 0.4) is 0 Å². The zero-order chi connectivity index (χ0) is 16.6. The summed E-state index contributed by atoms with van der Waals surface area (Å²) in [6, 6.07) is 2.08. The maximum absolute atomic E-state index is 13.9. The third-order valence-electron chi connectivity index (χ3n) is 3.81. The van der Waals surface area contributed by atoms with E-state index in [-0.39, 0.29) is 5.56 Å². The Balaban J connectivity index is 1.84. The second-order valence-electron chi connectivity index (χ2n) is 5.41.